The number of aryl methyl sites for hydroxylation is 3. The van der Waals surface area contributed by atoms with Crippen LogP contribution in [0.25, 0.3) is 0 Å². The van der Waals surface area contributed by atoms with Gasteiger partial charge in [-0.3, -0.25) is 23.6 Å². The fourth-order valence-corrected chi connectivity index (χ4v) is 2.82. The minimum atomic E-state index is -4.87. The van der Waals surface area contributed by atoms with Crippen molar-refractivity contribution in [1.82, 2.24) is 29.3 Å². The van der Waals surface area contributed by atoms with Gasteiger partial charge in [-0.1, -0.05) is 0 Å². The first-order chi connectivity index (χ1) is 14.7. The molecule has 0 aromatic carbocycles. The Balaban J connectivity index is 1.91. The zero-order chi connectivity index (χ0) is 24.0. The van der Waals surface area contributed by atoms with Crippen LogP contribution < -0.4 is 10.6 Å². The number of halogens is 6. The van der Waals surface area contributed by atoms with Crippen LogP contribution in [0.4, 0.5) is 37.7 Å². The molecule has 0 atom stereocenters. The molecule has 0 aliphatic heterocycles. The van der Waals surface area contributed by atoms with Crippen molar-refractivity contribution < 1.29 is 35.9 Å². The molecule has 32 heavy (non-hydrogen) atoms. The number of anilines is 2. The summed E-state index contributed by atoms with van der Waals surface area (Å²) in [5.74, 6) is -2.31. The molecule has 3 aromatic rings. The van der Waals surface area contributed by atoms with E-state index in [2.05, 4.69) is 15.3 Å². The van der Waals surface area contributed by atoms with Gasteiger partial charge in [0.1, 0.15) is 5.69 Å². The highest BCUT2D eigenvalue weighted by atomic mass is 19.4. The molecule has 16 heteroatoms. The van der Waals surface area contributed by atoms with E-state index in [9.17, 15) is 35.9 Å². The number of amides is 2. The molecule has 3 aromatic heterocycles. The summed E-state index contributed by atoms with van der Waals surface area (Å²) in [7, 11) is 3.64. The molecule has 0 radical (unpaired) electrons. The van der Waals surface area contributed by atoms with E-state index in [0.717, 1.165) is 32.6 Å². The molecule has 172 valence electrons. The second-order valence-electron chi connectivity index (χ2n) is 6.56. The monoisotopic (exact) mass is 464 g/mol. The van der Waals surface area contributed by atoms with Gasteiger partial charge in [0, 0.05) is 33.5 Å². The van der Waals surface area contributed by atoms with E-state index in [1.807, 2.05) is 10.6 Å². The fourth-order valence-electron chi connectivity index (χ4n) is 2.82. The van der Waals surface area contributed by atoms with Crippen LogP contribution in [0, 0.1) is 0 Å². The van der Waals surface area contributed by atoms with E-state index in [4.69, 9.17) is 0 Å². The van der Waals surface area contributed by atoms with Crippen molar-refractivity contribution in [3.8, 4) is 0 Å². The van der Waals surface area contributed by atoms with Crippen LogP contribution in [0.1, 0.15) is 32.2 Å². The van der Waals surface area contributed by atoms with Crippen molar-refractivity contribution in [3.05, 3.63) is 41.2 Å². The Bertz CT molecular complexity index is 1190. The maximum absolute atomic E-state index is 13.1. The predicted molar refractivity (Wildman–Crippen MR) is 95.5 cm³/mol. The maximum atomic E-state index is 13.1. The minimum Gasteiger partial charge on any atom is -0.319 e. The van der Waals surface area contributed by atoms with Gasteiger partial charge in [-0.15, -0.1) is 0 Å². The summed E-state index contributed by atoms with van der Waals surface area (Å²) in [6.45, 7) is 0. The van der Waals surface area contributed by atoms with E-state index in [1.54, 1.807) is 0 Å². The van der Waals surface area contributed by atoms with Gasteiger partial charge in [0.05, 0.1) is 23.1 Å². The first-order valence-corrected chi connectivity index (χ1v) is 8.55. The number of alkyl halides is 6. The summed E-state index contributed by atoms with van der Waals surface area (Å²) in [5, 5.41) is 14.2. The number of carbonyl (C=O) groups excluding carboxylic acids is 2. The van der Waals surface area contributed by atoms with E-state index in [0.29, 0.717) is 0 Å². The Morgan fingerprint density at radius 1 is 0.812 bits per heavy atom. The zero-order valence-corrected chi connectivity index (χ0v) is 16.5. The molecule has 0 saturated carbocycles. The van der Waals surface area contributed by atoms with Crippen molar-refractivity contribution in [2.45, 2.75) is 12.4 Å². The number of hydrogen-bond acceptors (Lipinski definition) is 5. The van der Waals surface area contributed by atoms with Gasteiger partial charge in [-0.05, 0) is 0 Å². The van der Waals surface area contributed by atoms with Crippen molar-refractivity contribution in [2.24, 2.45) is 21.1 Å². The normalized spacial score (nSPS) is 12.2. The molecule has 2 N–H and O–H groups in total. The minimum absolute atomic E-state index is 0.473. The summed E-state index contributed by atoms with van der Waals surface area (Å²) in [4.78, 5) is 25.2. The van der Waals surface area contributed by atoms with Gasteiger partial charge in [-0.2, -0.15) is 41.6 Å². The molecule has 0 spiro atoms. The zero-order valence-electron chi connectivity index (χ0n) is 16.5. The quantitative estimate of drug-likeness (QED) is 0.577. The van der Waals surface area contributed by atoms with Crippen molar-refractivity contribution >= 4 is 23.2 Å². The lowest BCUT2D eigenvalue weighted by Gasteiger charge is -2.10. The molecule has 10 nitrogen and oxygen atoms in total. The number of hydrogen-bond donors (Lipinski definition) is 2. The number of nitrogens with zero attached hydrogens (tertiary/aromatic N) is 6. The first-order valence-electron chi connectivity index (χ1n) is 8.55. The van der Waals surface area contributed by atoms with Crippen molar-refractivity contribution in [1.29, 1.82) is 0 Å². The van der Waals surface area contributed by atoms with E-state index in [-0.39, 0.29) is 0 Å². The van der Waals surface area contributed by atoms with Gasteiger partial charge < -0.3 is 10.6 Å². The Labute approximate surface area is 174 Å². The SMILES string of the molecule is Cn1cc(NC(=O)c2cnn(C)c2C(=O)Nc2cn(C)nc2C(F)(F)F)c(C(F)(F)F)n1. The summed E-state index contributed by atoms with van der Waals surface area (Å²) in [6.07, 6.45) is -7.04. The molecule has 2 amide bonds. The lowest BCUT2D eigenvalue weighted by atomic mass is 10.2. The molecule has 0 bridgehead atoms. The third-order valence-electron chi connectivity index (χ3n) is 4.09. The molecule has 3 rings (SSSR count). The van der Waals surface area contributed by atoms with Crippen LogP contribution in [0.15, 0.2) is 18.6 Å². The fraction of sp³-hybridized carbons (Fsp3) is 0.312. The molecule has 0 saturated heterocycles. The summed E-state index contributed by atoms with van der Waals surface area (Å²) < 4.78 is 81.2. The molecule has 3 heterocycles. The second-order valence-corrected chi connectivity index (χ2v) is 6.56. The van der Waals surface area contributed by atoms with E-state index < -0.39 is 58.2 Å². The predicted octanol–water partition coefficient (Wildman–Crippen LogP) is 2.43. The number of nitrogens with one attached hydrogen (secondary N) is 2. The lowest BCUT2D eigenvalue weighted by Crippen LogP contribution is -2.23. The van der Waals surface area contributed by atoms with Crippen LogP contribution >= 0.6 is 0 Å². The topological polar surface area (TPSA) is 112 Å². The van der Waals surface area contributed by atoms with Gasteiger partial charge in [0.25, 0.3) is 11.8 Å². The van der Waals surface area contributed by atoms with Gasteiger partial charge in [0.15, 0.2) is 11.4 Å². The molecule has 0 unspecified atom stereocenters. The highest BCUT2D eigenvalue weighted by molar-refractivity contribution is 6.14. The number of rotatable bonds is 4. The van der Waals surface area contributed by atoms with Crippen LogP contribution in [0.3, 0.4) is 0 Å². The van der Waals surface area contributed by atoms with Gasteiger partial charge in [0.2, 0.25) is 0 Å². The molecule has 0 fully saturated rings. The van der Waals surface area contributed by atoms with Crippen LogP contribution in [-0.2, 0) is 33.5 Å². The smallest absolute Gasteiger partial charge is 0.319 e. The second kappa shape index (κ2) is 7.69. The Morgan fingerprint density at radius 2 is 1.25 bits per heavy atom. The lowest BCUT2D eigenvalue weighted by molar-refractivity contribution is -0.141. The third-order valence-corrected chi connectivity index (χ3v) is 4.09. The highest BCUT2D eigenvalue weighted by Gasteiger charge is 2.39. The molecule has 0 aliphatic carbocycles. The first kappa shape index (κ1) is 22.8. The molecular formula is C16H14F6N8O2. The van der Waals surface area contributed by atoms with Crippen molar-refractivity contribution in [2.75, 3.05) is 10.6 Å². The number of carbonyl (C=O) groups is 2. The number of aromatic nitrogens is 6. The maximum Gasteiger partial charge on any atom is 0.437 e. The standard InChI is InChI=1S/C16H14F6N8O2/c1-28-5-8(11(26-28)15(17,18)19)24-13(31)7-4-23-30(3)10(7)14(32)25-9-6-29(2)27-12(9)16(20,21)22/h4-6H,1-3H3,(H,24,31)(H,25,32). The Hall–Kier alpha value is -3.85. The Kier molecular flexibility index (Phi) is 5.48. The molecule has 0 aliphatic rings. The van der Waals surface area contributed by atoms with Gasteiger partial charge in [-0.25, -0.2) is 0 Å². The van der Waals surface area contributed by atoms with E-state index >= 15 is 0 Å². The van der Waals surface area contributed by atoms with Crippen molar-refractivity contribution in [3.63, 3.8) is 0 Å². The summed E-state index contributed by atoms with van der Waals surface area (Å²) >= 11 is 0. The average molecular weight is 464 g/mol. The summed E-state index contributed by atoms with van der Waals surface area (Å²) in [6, 6.07) is 0. The third kappa shape index (κ3) is 4.42. The highest BCUT2D eigenvalue weighted by Crippen LogP contribution is 2.35. The summed E-state index contributed by atoms with van der Waals surface area (Å²) in [5.41, 5.74) is -5.05. The van der Waals surface area contributed by atoms with E-state index in [1.165, 1.54) is 21.1 Å². The Morgan fingerprint density at radius 3 is 1.69 bits per heavy atom. The molecular weight excluding hydrogens is 450 g/mol. The van der Waals surface area contributed by atoms with Crippen LogP contribution in [0.5, 0.6) is 0 Å². The largest absolute Gasteiger partial charge is 0.437 e. The van der Waals surface area contributed by atoms with Crippen LogP contribution in [0.2, 0.25) is 0 Å². The van der Waals surface area contributed by atoms with Gasteiger partial charge >= 0.3 is 12.4 Å². The van der Waals surface area contributed by atoms with Crippen LogP contribution in [-0.4, -0.2) is 41.2 Å². The average Bonchev–Trinajstić information content (AvgIpc) is 3.30.